The lowest BCUT2D eigenvalue weighted by molar-refractivity contribution is 0.217. The van der Waals surface area contributed by atoms with Gasteiger partial charge in [-0.05, 0) is 24.1 Å². The van der Waals surface area contributed by atoms with E-state index in [-0.39, 0.29) is 6.03 Å². The topological polar surface area (TPSA) is 58.4 Å². The maximum absolute atomic E-state index is 11.2. The number of carbonyl (C=O) groups is 1. The molecular weight excluding hydrogens is 190 g/mol. The first-order valence-corrected chi connectivity index (χ1v) is 4.89. The van der Waals surface area contributed by atoms with E-state index in [1.165, 1.54) is 10.5 Å². The molecule has 1 rings (SSSR count). The van der Waals surface area contributed by atoms with Gasteiger partial charge in [-0.3, -0.25) is 0 Å². The first-order valence-electron chi connectivity index (χ1n) is 4.89. The number of nitrogens with zero attached hydrogens (tertiary/aromatic N) is 1. The zero-order valence-electron chi connectivity index (χ0n) is 9.16. The van der Waals surface area contributed by atoms with E-state index in [1.54, 1.807) is 14.1 Å². The molecule has 82 valence electrons. The van der Waals surface area contributed by atoms with Gasteiger partial charge in [0.25, 0.3) is 0 Å². The van der Waals surface area contributed by atoms with E-state index in [0.29, 0.717) is 6.54 Å². The van der Waals surface area contributed by atoms with Crippen molar-refractivity contribution in [3.63, 3.8) is 0 Å². The Labute approximate surface area is 90.1 Å². The van der Waals surface area contributed by atoms with Crippen LogP contribution in [-0.4, -0.2) is 31.6 Å². The zero-order chi connectivity index (χ0) is 11.3. The molecule has 0 aromatic heterocycles. The number of amides is 2. The molecule has 0 saturated carbocycles. The minimum absolute atomic E-state index is 0.0644. The minimum Gasteiger partial charge on any atom is -0.399 e. The van der Waals surface area contributed by atoms with Gasteiger partial charge >= 0.3 is 6.03 Å². The average Bonchev–Trinajstić information content (AvgIpc) is 2.20. The lowest BCUT2D eigenvalue weighted by atomic mass is 10.1. The molecule has 0 heterocycles. The molecule has 2 amide bonds. The van der Waals surface area contributed by atoms with E-state index in [2.05, 4.69) is 5.32 Å². The Morgan fingerprint density at radius 3 is 2.47 bits per heavy atom. The van der Waals surface area contributed by atoms with Crippen LogP contribution in [0.3, 0.4) is 0 Å². The third-order valence-electron chi connectivity index (χ3n) is 2.08. The predicted octanol–water partition coefficient (Wildman–Crippen LogP) is 1.08. The lowest BCUT2D eigenvalue weighted by Crippen LogP contribution is -2.35. The van der Waals surface area contributed by atoms with Gasteiger partial charge in [0.1, 0.15) is 0 Å². The second kappa shape index (κ2) is 5.24. The zero-order valence-corrected chi connectivity index (χ0v) is 9.16. The highest BCUT2D eigenvalue weighted by atomic mass is 16.2. The number of nitrogen functional groups attached to an aromatic ring is 1. The highest BCUT2D eigenvalue weighted by Gasteiger charge is 2.01. The predicted molar refractivity (Wildman–Crippen MR) is 61.6 cm³/mol. The number of rotatable bonds is 3. The molecule has 0 bridgehead atoms. The largest absolute Gasteiger partial charge is 0.399 e. The molecule has 4 heteroatoms. The average molecular weight is 207 g/mol. The van der Waals surface area contributed by atoms with Crippen LogP contribution in [0.25, 0.3) is 0 Å². The second-order valence-electron chi connectivity index (χ2n) is 3.62. The van der Waals surface area contributed by atoms with Gasteiger partial charge in [0.05, 0.1) is 0 Å². The molecule has 4 nitrogen and oxygen atoms in total. The minimum atomic E-state index is -0.0644. The molecule has 0 aliphatic rings. The SMILES string of the molecule is CN(C)C(=O)NCCc1ccc(N)cc1. The summed E-state index contributed by atoms with van der Waals surface area (Å²) in [6.07, 6.45) is 0.819. The summed E-state index contributed by atoms with van der Waals surface area (Å²) in [5, 5.41) is 2.80. The number of carbonyl (C=O) groups excluding carboxylic acids is 1. The van der Waals surface area contributed by atoms with Gasteiger partial charge in [0.15, 0.2) is 0 Å². The first-order chi connectivity index (χ1) is 7.09. The highest BCUT2D eigenvalue weighted by molar-refractivity contribution is 5.73. The van der Waals surface area contributed by atoms with E-state index in [4.69, 9.17) is 5.73 Å². The third kappa shape index (κ3) is 3.89. The van der Waals surface area contributed by atoms with Crippen LogP contribution < -0.4 is 11.1 Å². The van der Waals surface area contributed by atoms with Crippen LogP contribution in [0, 0.1) is 0 Å². The van der Waals surface area contributed by atoms with E-state index >= 15 is 0 Å². The van der Waals surface area contributed by atoms with Crippen molar-refractivity contribution in [2.45, 2.75) is 6.42 Å². The molecule has 0 atom stereocenters. The summed E-state index contributed by atoms with van der Waals surface area (Å²) in [5.41, 5.74) is 7.50. The summed E-state index contributed by atoms with van der Waals surface area (Å²) >= 11 is 0. The lowest BCUT2D eigenvalue weighted by Gasteiger charge is -2.11. The molecule has 0 spiro atoms. The van der Waals surface area contributed by atoms with E-state index in [0.717, 1.165) is 12.1 Å². The van der Waals surface area contributed by atoms with Crippen LogP contribution in [0.4, 0.5) is 10.5 Å². The molecule has 0 radical (unpaired) electrons. The van der Waals surface area contributed by atoms with Gasteiger partial charge in [0, 0.05) is 26.3 Å². The Morgan fingerprint density at radius 2 is 1.93 bits per heavy atom. The van der Waals surface area contributed by atoms with Crippen LogP contribution in [0.5, 0.6) is 0 Å². The third-order valence-corrected chi connectivity index (χ3v) is 2.08. The van der Waals surface area contributed by atoms with Crippen molar-refractivity contribution in [1.82, 2.24) is 10.2 Å². The Balaban J connectivity index is 2.32. The summed E-state index contributed by atoms with van der Waals surface area (Å²) in [5.74, 6) is 0. The van der Waals surface area contributed by atoms with Crippen molar-refractivity contribution in [2.75, 3.05) is 26.4 Å². The molecule has 0 fully saturated rings. The molecule has 0 aliphatic carbocycles. The Morgan fingerprint density at radius 1 is 1.33 bits per heavy atom. The van der Waals surface area contributed by atoms with Gasteiger partial charge in [-0.25, -0.2) is 4.79 Å². The molecule has 3 N–H and O–H groups in total. The summed E-state index contributed by atoms with van der Waals surface area (Å²) in [6, 6.07) is 7.60. The number of hydrogen-bond donors (Lipinski definition) is 2. The van der Waals surface area contributed by atoms with Gasteiger partial charge in [-0.15, -0.1) is 0 Å². The van der Waals surface area contributed by atoms with Crippen molar-refractivity contribution in [2.24, 2.45) is 0 Å². The fourth-order valence-electron chi connectivity index (χ4n) is 1.16. The van der Waals surface area contributed by atoms with E-state index < -0.39 is 0 Å². The van der Waals surface area contributed by atoms with Gasteiger partial charge in [-0.1, -0.05) is 12.1 Å². The van der Waals surface area contributed by atoms with Crippen LogP contribution in [-0.2, 0) is 6.42 Å². The van der Waals surface area contributed by atoms with Crippen molar-refractivity contribution in [3.8, 4) is 0 Å². The number of nitrogens with two attached hydrogens (primary N) is 1. The summed E-state index contributed by atoms with van der Waals surface area (Å²) in [6.45, 7) is 0.640. The Hall–Kier alpha value is -1.71. The molecule has 0 saturated heterocycles. The van der Waals surface area contributed by atoms with Gasteiger partial charge < -0.3 is 16.0 Å². The summed E-state index contributed by atoms with van der Waals surface area (Å²) in [4.78, 5) is 12.7. The summed E-state index contributed by atoms with van der Waals surface area (Å²) < 4.78 is 0. The standard InChI is InChI=1S/C11H17N3O/c1-14(2)11(15)13-8-7-9-3-5-10(12)6-4-9/h3-6H,7-8,12H2,1-2H3,(H,13,15). The van der Waals surface area contributed by atoms with Crippen molar-refractivity contribution in [1.29, 1.82) is 0 Å². The van der Waals surface area contributed by atoms with Gasteiger partial charge in [-0.2, -0.15) is 0 Å². The number of benzene rings is 1. The van der Waals surface area contributed by atoms with E-state index in [1.807, 2.05) is 24.3 Å². The fraction of sp³-hybridized carbons (Fsp3) is 0.364. The molecule has 15 heavy (non-hydrogen) atoms. The van der Waals surface area contributed by atoms with Crippen molar-refractivity contribution < 1.29 is 4.79 Å². The number of urea groups is 1. The Kier molecular flexibility index (Phi) is 3.97. The molecule has 0 unspecified atom stereocenters. The molecule has 1 aromatic carbocycles. The quantitative estimate of drug-likeness (QED) is 0.729. The monoisotopic (exact) mass is 207 g/mol. The van der Waals surface area contributed by atoms with E-state index in [9.17, 15) is 4.79 Å². The van der Waals surface area contributed by atoms with Gasteiger partial charge in [0.2, 0.25) is 0 Å². The van der Waals surface area contributed by atoms with Crippen LogP contribution in [0.1, 0.15) is 5.56 Å². The maximum Gasteiger partial charge on any atom is 0.316 e. The highest BCUT2D eigenvalue weighted by Crippen LogP contribution is 2.05. The summed E-state index contributed by atoms with van der Waals surface area (Å²) in [7, 11) is 3.44. The number of nitrogens with one attached hydrogen (secondary N) is 1. The smallest absolute Gasteiger partial charge is 0.316 e. The Bertz CT molecular complexity index is 319. The molecule has 0 aliphatic heterocycles. The molecular formula is C11H17N3O. The second-order valence-corrected chi connectivity index (χ2v) is 3.62. The first kappa shape index (κ1) is 11.4. The van der Waals surface area contributed by atoms with Crippen LogP contribution >= 0.6 is 0 Å². The van der Waals surface area contributed by atoms with Crippen molar-refractivity contribution in [3.05, 3.63) is 29.8 Å². The van der Waals surface area contributed by atoms with Crippen LogP contribution in [0.15, 0.2) is 24.3 Å². The van der Waals surface area contributed by atoms with Crippen molar-refractivity contribution >= 4 is 11.7 Å². The fourth-order valence-corrected chi connectivity index (χ4v) is 1.16. The number of hydrogen-bond acceptors (Lipinski definition) is 2. The number of anilines is 1. The maximum atomic E-state index is 11.2. The molecule has 1 aromatic rings. The normalized spacial score (nSPS) is 9.73. The van der Waals surface area contributed by atoms with Crippen LogP contribution in [0.2, 0.25) is 0 Å².